The lowest BCUT2D eigenvalue weighted by Crippen LogP contribution is -2.44. The van der Waals surface area contributed by atoms with Crippen molar-refractivity contribution >= 4 is 45.4 Å². The Morgan fingerprint density at radius 3 is 2.59 bits per heavy atom. The first-order valence-electron chi connectivity index (χ1n) is 14.1. The quantitative estimate of drug-likeness (QED) is 0.424. The molecule has 0 bridgehead atoms. The van der Waals surface area contributed by atoms with Crippen LogP contribution in [0.15, 0.2) is 35.3 Å². The van der Waals surface area contributed by atoms with Gasteiger partial charge in [0, 0.05) is 43.2 Å². The molecule has 2 aromatic heterocycles. The van der Waals surface area contributed by atoms with Crippen molar-refractivity contribution in [2.45, 2.75) is 43.9 Å². The molecular weight excluding hydrogens is 556 g/mol. The minimum atomic E-state index is -3.10. The van der Waals surface area contributed by atoms with Gasteiger partial charge in [-0.2, -0.15) is 0 Å². The minimum Gasteiger partial charge on any atom is -0.480 e. The summed E-state index contributed by atoms with van der Waals surface area (Å²) in [7, 11) is 1.61. The van der Waals surface area contributed by atoms with E-state index in [4.69, 9.17) is 25.8 Å². The maximum atomic E-state index is 15.0. The molecular formula is C29H32ClF2N5O4. The molecule has 9 nitrogen and oxygen atoms in total. The lowest BCUT2D eigenvalue weighted by Gasteiger charge is -2.34. The fraction of sp³-hybridized carbons (Fsp3) is 0.517. The van der Waals surface area contributed by atoms with Crippen molar-refractivity contribution in [1.82, 2.24) is 9.55 Å². The summed E-state index contributed by atoms with van der Waals surface area (Å²) in [4.78, 5) is 19.9. The molecule has 4 aliphatic rings. The lowest BCUT2D eigenvalue weighted by atomic mass is 9.96. The number of aryl methyl sites for hydroxylation is 1. The van der Waals surface area contributed by atoms with Gasteiger partial charge >= 0.3 is 5.92 Å². The predicted molar refractivity (Wildman–Crippen MR) is 153 cm³/mol. The SMILES string of the molecule is Cn1c(=O)c2c(c3cc(Nc4cc(N5CCC(C6OCCO6)CC5)ncc4Cl)ccc31)N[C@@H](C1CC1)C(F)(F)CO2. The molecule has 3 aliphatic heterocycles. The molecule has 2 N–H and O–H groups in total. The third-order valence-corrected chi connectivity index (χ3v) is 8.93. The van der Waals surface area contributed by atoms with Crippen molar-refractivity contribution < 1.29 is 23.0 Å². The third-order valence-electron chi connectivity index (χ3n) is 8.63. The van der Waals surface area contributed by atoms with E-state index in [1.54, 1.807) is 19.3 Å². The van der Waals surface area contributed by atoms with E-state index < -0.39 is 24.1 Å². The van der Waals surface area contributed by atoms with Crippen LogP contribution in [0.2, 0.25) is 5.02 Å². The van der Waals surface area contributed by atoms with Gasteiger partial charge in [0.2, 0.25) is 5.75 Å². The zero-order chi connectivity index (χ0) is 28.3. The number of nitrogens with one attached hydrogen (secondary N) is 2. The van der Waals surface area contributed by atoms with Gasteiger partial charge in [-0.25, -0.2) is 13.8 Å². The third kappa shape index (κ3) is 4.97. The maximum absolute atomic E-state index is 15.0. The number of rotatable bonds is 5. The first kappa shape index (κ1) is 26.7. The van der Waals surface area contributed by atoms with Crippen molar-refractivity contribution in [2.24, 2.45) is 18.9 Å². The predicted octanol–water partition coefficient (Wildman–Crippen LogP) is 5.14. The first-order chi connectivity index (χ1) is 19.8. The number of alkyl halides is 2. The Hall–Kier alpha value is -3.15. The highest BCUT2D eigenvalue weighted by Crippen LogP contribution is 2.45. The summed E-state index contributed by atoms with van der Waals surface area (Å²) in [6.07, 6.45) is 4.86. The largest absolute Gasteiger partial charge is 0.480 e. The highest BCUT2D eigenvalue weighted by atomic mass is 35.5. The molecule has 7 rings (SSSR count). The van der Waals surface area contributed by atoms with Gasteiger partial charge < -0.3 is 34.3 Å². The summed E-state index contributed by atoms with van der Waals surface area (Å²) in [6.45, 7) is 2.14. The number of nitrogens with zero attached hydrogens (tertiary/aromatic N) is 3. The second-order valence-electron chi connectivity index (χ2n) is 11.4. The van der Waals surface area contributed by atoms with Gasteiger partial charge in [0.1, 0.15) is 5.82 Å². The number of hydrogen-bond acceptors (Lipinski definition) is 8. The number of piperidine rings is 1. The van der Waals surface area contributed by atoms with Crippen LogP contribution in [0.5, 0.6) is 5.75 Å². The van der Waals surface area contributed by atoms with Crippen LogP contribution in [0, 0.1) is 11.8 Å². The van der Waals surface area contributed by atoms with E-state index in [0.717, 1.165) is 44.6 Å². The normalized spacial score (nSPS) is 23.1. The van der Waals surface area contributed by atoms with Gasteiger partial charge in [0.25, 0.3) is 5.56 Å². The lowest BCUT2D eigenvalue weighted by molar-refractivity contribution is -0.0889. The number of aromatic nitrogens is 2. The molecule has 0 spiro atoms. The highest BCUT2D eigenvalue weighted by Gasteiger charge is 2.51. The maximum Gasteiger partial charge on any atom is 0.301 e. The molecule has 1 aromatic carbocycles. The van der Waals surface area contributed by atoms with Gasteiger partial charge in [-0.3, -0.25) is 4.79 Å². The van der Waals surface area contributed by atoms with E-state index in [-0.39, 0.29) is 18.0 Å². The van der Waals surface area contributed by atoms with E-state index in [1.807, 2.05) is 18.2 Å². The van der Waals surface area contributed by atoms with Gasteiger partial charge in [-0.05, 0) is 49.8 Å². The van der Waals surface area contributed by atoms with Crippen LogP contribution in [0.25, 0.3) is 10.9 Å². The summed E-state index contributed by atoms with van der Waals surface area (Å²) >= 11 is 6.55. The van der Waals surface area contributed by atoms with E-state index in [2.05, 4.69) is 20.5 Å². The molecule has 0 radical (unpaired) electrons. The van der Waals surface area contributed by atoms with E-state index in [0.29, 0.717) is 52.1 Å². The molecule has 1 saturated carbocycles. The molecule has 3 aromatic rings. The van der Waals surface area contributed by atoms with Crippen molar-refractivity contribution in [2.75, 3.05) is 48.4 Å². The average Bonchev–Trinajstić information content (AvgIpc) is 3.68. The summed E-state index contributed by atoms with van der Waals surface area (Å²) in [5.41, 5.74) is 1.82. The first-order valence-corrected chi connectivity index (χ1v) is 14.5. The summed E-state index contributed by atoms with van der Waals surface area (Å²) in [6, 6.07) is 6.29. The molecule has 1 atom stereocenters. The number of anilines is 4. The van der Waals surface area contributed by atoms with E-state index in [9.17, 15) is 13.6 Å². The molecule has 3 fully saturated rings. The second-order valence-corrected chi connectivity index (χ2v) is 11.8. The minimum absolute atomic E-state index is 0.0824. The number of halogens is 3. The number of pyridine rings is 2. The van der Waals surface area contributed by atoms with Crippen LogP contribution >= 0.6 is 11.6 Å². The Morgan fingerprint density at radius 1 is 1.10 bits per heavy atom. The van der Waals surface area contributed by atoms with Crippen molar-refractivity contribution in [3.63, 3.8) is 0 Å². The monoisotopic (exact) mass is 587 g/mol. The number of benzene rings is 1. The number of ether oxygens (including phenoxy) is 3. The topological polar surface area (TPSA) is 89.9 Å². The van der Waals surface area contributed by atoms with Gasteiger partial charge in [-0.15, -0.1) is 0 Å². The zero-order valence-electron chi connectivity index (χ0n) is 22.7. The van der Waals surface area contributed by atoms with Crippen molar-refractivity contribution in [1.29, 1.82) is 0 Å². The van der Waals surface area contributed by atoms with E-state index >= 15 is 0 Å². The fourth-order valence-electron chi connectivity index (χ4n) is 6.19. The average molecular weight is 588 g/mol. The van der Waals surface area contributed by atoms with Crippen LogP contribution in [0.3, 0.4) is 0 Å². The zero-order valence-corrected chi connectivity index (χ0v) is 23.4. The Balaban J connectivity index is 1.18. The van der Waals surface area contributed by atoms with Crippen LogP contribution in [-0.4, -0.2) is 60.7 Å². The Bertz CT molecular complexity index is 1530. The standard InChI is InChI=1S/C29H32ClF2N5O4/c1-36-22-5-4-18(12-19(22)24-25(27(36)38)41-15-29(31,32)26(35-24)16-2-3-16)34-21-13-23(33-14-20(21)30)37-8-6-17(7-9-37)28-39-10-11-40-28/h4-5,12-14,16-17,26,28,35H,2-3,6-11,15H2,1H3,(H,33,34)/t26-/m0/s1. The van der Waals surface area contributed by atoms with Crippen LogP contribution in [-0.2, 0) is 16.5 Å². The molecule has 0 amide bonds. The summed E-state index contributed by atoms with van der Waals surface area (Å²) < 4.78 is 48.2. The molecule has 2 saturated heterocycles. The smallest absolute Gasteiger partial charge is 0.301 e. The second kappa shape index (κ2) is 10.3. The van der Waals surface area contributed by atoms with Gasteiger partial charge in [0.05, 0.1) is 47.4 Å². The number of fused-ring (bicyclic) bond motifs is 3. The molecule has 12 heteroatoms. The molecule has 218 valence electrons. The van der Waals surface area contributed by atoms with Crippen LogP contribution in [0.1, 0.15) is 25.7 Å². The van der Waals surface area contributed by atoms with Crippen molar-refractivity contribution in [3.8, 4) is 5.75 Å². The Labute approximate surface area is 240 Å². The molecule has 1 aliphatic carbocycles. The van der Waals surface area contributed by atoms with Crippen molar-refractivity contribution in [3.05, 3.63) is 45.8 Å². The van der Waals surface area contributed by atoms with E-state index in [1.165, 1.54) is 4.57 Å². The van der Waals surface area contributed by atoms with Crippen LogP contribution < -0.4 is 25.8 Å². The summed E-state index contributed by atoms with van der Waals surface area (Å²) in [5.74, 6) is -2.15. The van der Waals surface area contributed by atoms with Gasteiger partial charge in [0.15, 0.2) is 12.9 Å². The highest BCUT2D eigenvalue weighted by molar-refractivity contribution is 6.33. The molecule has 0 unspecified atom stereocenters. The summed E-state index contributed by atoms with van der Waals surface area (Å²) in [5, 5.41) is 7.46. The Kier molecular flexibility index (Phi) is 6.71. The molecule has 41 heavy (non-hydrogen) atoms. The molecule has 5 heterocycles. The fourth-order valence-corrected chi connectivity index (χ4v) is 6.34. The van der Waals surface area contributed by atoms with Crippen LogP contribution in [0.4, 0.5) is 31.7 Å². The van der Waals surface area contributed by atoms with Gasteiger partial charge in [-0.1, -0.05) is 11.6 Å². The Morgan fingerprint density at radius 2 is 1.85 bits per heavy atom. The number of hydrogen-bond donors (Lipinski definition) is 2.